The van der Waals surface area contributed by atoms with Crippen molar-refractivity contribution in [3.8, 4) is 6.07 Å². The molecule has 1 aliphatic carbocycles. The van der Waals surface area contributed by atoms with Gasteiger partial charge in [-0.25, -0.2) is 0 Å². The zero-order valence-corrected chi connectivity index (χ0v) is 9.33. The van der Waals surface area contributed by atoms with E-state index in [4.69, 9.17) is 5.26 Å². The number of rotatable bonds is 3. The largest absolute Gasteiger partial charge is 0.342 e. The van der Waals surface area contributed by atoms with E-state index in [1.165, 1.54) is 0 Å². The SMILES string of the molecule is CC1CCCN(CC2(CC#N)CC2)C1=O. The van der Waals surface area contributed by atoms with Gasteiger partial charge in [0.1, 0.15) is 0 Å². The Balaban J connectivity index is 1.94. The molecule has 1 saturated heterocycles. The molecule has 1 aliphatic heterocycles. The van der Waals surface area contributed by atoms with Crippen molar-refractivity contribution in [2.24, 2.45) is 11.3 Å². The molecule has 0 bridgehead atoms. The molecular formula is C12H18N2O. The van der Waals surface area contributed by atoms with Crippen LogP contribution in [0.5, 0.6) is 0 Å². The van der Waals surface area contributed by atoms with Crippen LogP contribution < -0.4 is 0 Å². The summed E-state index contributed by atoms with van der Waals surface area (Å²) in [5.74, 6) is 0.488. The van der Waals surface area contributed by atoms with Crippen LogP contribution in [0.25, 0.3) is 0 Å². The highest BCUT2D eigenvalue weighted by Gasteiger charge is 2.45. The molecule has 3 heteroatoms. The van der Waals surface area contributed by atoms with Crippen molar-refractivity contribution in [1.82, 2.24) is 4.90 Å². The van der Waals surface area contributed by atoms with Gasteiger partial charge < -0.3 is 4.90 Å². The average molecular weight is 206 g/mol. The molecule has 0 spiro atoms. The van der Waals surface area contributed by atoms with E-state index in [-0.39, 0.29) is 11.3 Å². The minimum Gasteiger partial charge on any atom is -0.342 e. The number of piperidine rings is 1. The van der Waals surface area contributed by atoms with Gasteiger partial charge in [-0.2, -0.15) is 5.26 Å². The van der Waals surface area contributed by atoms with E-state index in [9.17, 15) is 4.79 Å². The van der Waals surface area contributed by atoms with Gasteiger partial charge in [0.05, 0.1) is 6.07 Å². The molecule has 1 unspecified atom stereocenters. The van der Waals surface area contributed by atoms with Gasteiger partial charge in [-0.3, -0.25) is 4.79 Å². The fraction of sp³-hybridized carbons (Fsp3) is 0.833. The number of hydrogen-bond acceptors (Lipinski definition) is 2. The highest BCUT2D eigenvalue weighted by molar-refractivity contribution is 5.79. The first-order chi connectivity index (χ1) is 7.17. The third-order valence-electron chi connectivity index (χ3n) is 3.74. The van der Waals surface area contributed by atoms with Crippen LogP contribution in [0, 0.1) is 22.7 Å². The molecule has 3 nitrogen and oxygen atoms in total. The van der Waals surface area contributed by atoms with Crippen molar-refractivity contribution in [1.29, 1.82) is 5.26 Å². The summed E-state index contributed by atoms with van der Waals surface area (Å²) in [4.78, 5) is 13.9. The second-order valence-electron chi connectivity index (χ2n) is 5.14. The van der Waals surface area contributed by atoms with Crippen LogP contribution >= 0.6 is 0 Å². The van der Waals surface area contributed by atoms with Gasteiger partial charge in [-0.05, 0) is 25.7 Å². The maximum Gasteiger partial charge on any atom is 0.225 e. The maximum absolute atomic E-state index is 11.9. The predicted molar refractivity (Wildman–Crippen MR) is 56.9 cm³/mol. The molecule has 0 aromatic rings. The smallest absolute Gasteiger partial charge is 0.225 e. The Morgan fingerprint density at radius 1 is 1.60 bits per heavy atom. The number of nitrogens with zero attached hydrogens (tertiary/aromatic N) is 2. The summed E-state index contributed by atoms with van der Waals surface area (Å²) in [7, 11) is 0. The summed E-state index contributed by atoms with van der Waals surface area (Å²) in [6.45, 7) is 3.73. The van der Waals surface area contributed by atoms with Gasteiger partial charge in [0, 0.05) is 30.8 Å². The molecule has 0 aromatic heterocycles. The molecule has 0 radical (unpaired) electrons. The van der Waals surface area contributed by atoms with Crippen molar-refractivity contribution in [2.45, 2.75) is 39.0 Å². The van der Waals surface area contributed by atoms with Crippen molar-refractivity contribution in [2.75, 3.05) is 13.1 Å². The van der Waals surface area contributed by atoms with E-state index in [1.807, 2.05) is 11.8 Å². The first-order valence-electron chi connectivity index (χ1n) is 5.83. The number of carbonyl (C=O) groups excluding carboxylic acids is 1. The van der Waals surface area contributed by atoms with Gasteiger partial charge in [-0.15, -0.1) is 0 Å². The average Bonchev–Trinajstić information content (AvgIpc) is 2.94. The van der Waals surface area contributed by atoms with E-state index in [2.05, 4.69) is 6.07 Å². The second-order valence-corrected chi connectivity index (χ2v) is 5.14. The van der Waals surface area contributed by atoms with E-state index in [0.717, 1.165) is 38.8 Å². The van der Waals surface area contributed by atoms with E-state index in [0.29, 0.717) is 12.3 Å². The van der Waals surface area contributed by atoms with Gasteiger partial charge in [0.2, 0.25) is 5.91 Å². The van der Waals surface area contributed by atoms with Crippen LogP contribution in [0.1, 0.15) is 39.0 Å². The lowest BCUT2D eigenvalue weighted by Crippen LogP contribution is -2.43. The standard InChI is InChI=1S/C12H18N2O/c1-10-3-2-8-14(11(10)15)9-12(4-5-12)6-7-13/h10H,2-6,8-9H2,1H3. The van der Waals surface area contributed by atoms with Crippen molar-refractivity contribution in [3.63, 3.8) is 0 Å². The van der Waals surface area contributed by atoms with Crippen LogP contribution in [0.15, 0.2) is 0 Å². The summed E-state index contributed by atoms with van der Waals surface area (Å²) in [6.07, 6.45) is 5.01. The van der Waals surface area contributed by atoms with Gasteiger partial charge >= 0.3 is 0 Å². The Bertz CT molecular complexity index is 301. The Morgan fingerprint density at radius 2 is 2.33 bits per heavy atom. The maximum atomic E-state index is 11.9. The number of hydrogen-bond donors (Lipinski definition) is 0. The van der Waals surface area contributed by atoms with Crippen molar-refractivity contribution >= 4 is 5.91 Å². The first-order valence-corrected chi connectivity index (χ1v) is 5.83. The molecule has 15 heavy (non-hydrogen) atoms. The minimum atomic E-state index is 0.168. The summed E-state index contributed by atoms with van der Waals surface area (Å²) in [5.41, 5.74) is 0.168. The van der Waals surface area contributed by atoms with E-state index >= 15 is 0 Å². The second kappa shape index (κ2) is 3.84. The quantitative estimate of drug-likeness (QED) is 0.708. The zero-order valence-electron chi connectivity index (χ0n) is 9.33. The van der Waals surface area contributed by atoms with Crippen LogP contribution in [0.4, 0.5) is 0 Å². The fourth-order valence-corrected chi connectivity index (χ4v) is 2.43. The van der Waals surface area contributed by atoms with E-state index in [1.54, 1.807) is 0 Å². The summed E-state index contributed by atoms with van der Waals surface area (Å²) >= 11 is 0. The molecule has 2 aliphatic rings. The Morgan fingerprint density at radius 3 is 2.93 bits per heavy atom. The molecule has 1 amide bonds. The van der Waals surface area contributed by atoms with Crippen LogP contribution in [0.2, 0.25) is 0 Å². The highest BCUT2D eigenvalue weighted by Crippen LogP contribution is 2.49. The fourth-order valence-electron chi connectivity index (χ4n) is 2.43. The molecule has 1 atom stereocenters. The van der Waals surface area contributed by atoms with Gasteiger partial charge in [-0.1, -0.05) is 6.92 Å². The van der Waals surface area contributed by atoms with E-state index < -0.39 is 0 Å². The molecule has 0 N–H and O–H groups in total. The minimum absolute atomic E-state index is 0.168. The lowest BCUT2D eigenvalue weighted by molar-refractivity contribution is -0.138. The number of amides is 1. The molecule has 2 rings (SSSR count). The zero-order chi connectivity index (χ0) is 10.9. The Kier molecular flexibility index (Phi) is 2.68. The van der Waals surface area contributed by atoms with Crippen LogP contribution in [0.3, 0.4) is 0 Å². The summed E-state index contributed by atoms with van der Waals surface area (Å²) in [6, 6.07) is 2.25. The lowest BCUT2D eigenvalue weighted by atomic mass is 9.96. The monoisotopic (exact) mass is 206 g/mol. The van der Waals surface area contributed by atoms with Crippen LogP contribution in [-0.2, 0) is 4.79 Å². The molecule has 82 valence electrons. The molecule has 1 saturated carbocycles. The lowest BCUT2D eigenvalue weighted by Gasteiger charge is -2.33. The summed E-state index contributed by atoms with van der Waals surface area (Å²) < 4.78 is 0. The van der Waals surface area contributed by atoms with Crippen LogP contribution in [-0.4, -0.2) is 23.9 Å². The molecule has 2 fully saturated rings. The summed E-state index contributed by atoms with van der Waals surface area (Å²) in [5, 5.41) is 8.74. The van der Waals surface area contributed by atoms with Crippen molar-refractivity contribution in [3.05, 3.63) is 0 Å². The normalized spacial score (nSPS) is 28.7. The number of nitriles is 1. The third kappa shape index (κ3) is 2.14. The Hall–Kier alpha value is -1.04. The van der Waals surface area contributed by atoms with Crippen molar-refractivity contribution < 1.29 is 4.79 Å². The third-order valence-corrected chi connectivity index (χ3v) is 3.74. The molecule has 1 heterocycles. The topological polar surface area (TPSA) is 44.1 Å². The molecule has 0 aromatic carbocycles. The first kappa shape index (κ1) is 10.5. The number of carbonyl (C=O) groups is 1. The van der Waals surface area contributed by atoms with Gasteiger partial charge in [0.15, 0.2) is 0 Å². The number of likely N-dealkylation sites (tertiary alicyclic amines) is 1. The highest BCUT2D eigenvalue weighted by atomic mass is 16.2. The van der Waals surface area contributed by atoms with Gasteiger partial charge in [0.25, 0.3) is 0 Å². The Labute approximate surface area is 91.1 Å². The predicted octanol–water partition coefficient (Wildman–Crippen LogP) is 1.94. The molecular weight excluding hydrogens is 188 g/mol.